The van der Waals surface area contributed by atoms with Crippen molar-refractivity contribution in [3.8, 4) is 0 Å². The minimum absolute atomic E-state index is 0.411. The molecular formula is C19H16Cl2N2O2. The van der Waals surface area contributed by atoms with E-state index in [-0.39, 0.29) is 0 Å². The minimum Gasteiger partial charge on any atom is -0.466 e. The SMILES string of the molecule is COC(=O)C1=C(C)NN=C(c2cccc(Cl)c2)C1c1cccc(Cl)c1. The summed E-state index contributed by atoms with van der Waals surface area (Å²) in [7, 11) is 1.36. The molecule has 25 heavy (non-hydrogen) atoms. The fourth-order valence-electron chi connectivity index (χ4n) is 2.89. The van der Waals surface area contributed by atoms with Gasteiger partial charge in [0, 0.05) is 21.3 Å². The second-order valence-corrected chi connectivity index (χ2v) is 6.51. The van der Waals surface area contributed by atoms with Gasteiger partial charge in [0.15, 0.2) is 0 Å². The molecule has 1 aliphatic rings. The summed E-state index contributed by atoms with van der Waals surface area (Å²) in [4.78, 5) is 12.5. The van der Waals surface area contributed by atoms with Gasteiger partial charge in [-0.3, -0.25) is 5.43 Å². The molecule has 0 saturated carbocycles. The van der Waals surface area contributed by atoms with Gasteiger partial charge in [-0.05, 0) is 36.8 Å². The molecule has 0 aliphatic carbocycles. The normalized spacial score (nSPS) is 17.0. The van der Waals surface area contributed by atoms with Crippen LogP contribution in [0.4, 0.5) is 0 Å². The van der Waals surface area contributed by atoms with Gasteiger partial charge in [0.2, 0.25) is 0 Å². The van der Waals surface area contributed by atoms with Crippen molar-refractivity contribution in [2.75, 3.05) is 7.11 Å². The molecule has 1 aliphatic heterocycles. The third-order valence-electron chi connectivity index (χ3n) is 4.02. The van der Waals surface area contributed by atoms with Gasteiger partial charge in [-0.25, -0.2) is 4.79 Å². The first kappa shape index (κ1) is 17.5. The Balaban J connectivity index is 2.19. The number of ether oxygens (including phenoxy) is 1. The second-order valence-electron chi connectivity index (χ2n) is 5.64. The third kappa shape index (κ3) is 3.55. The molecule has 0 amide bonds. The molecule has 6 heteroatoms. The van der Waals surface area contributed by atoms with Crippen LogP contribution < -0.4 is 5.43 Å². The highest BCUT2D eigenvalue weighted by molar-refractivity contribution is 6.31. The van der Waals surface area contributed by atoms with E-state index < -0.39 is 11.9 Å². The van der Waals surface area contributed by atoms with Crippen LogP contribution in [0.15, 0.2) is 64.9 Å². The Hall–Kier alpha value is -2.30. The number of methoxy groups -OCH3 is 1. The average molecular weight is 375 g/mol. The van der Waals surface area contributed by atoms with Crippen LogP contribution in [0.5, 0.6) is 0 Å². The number of esters is 1. The van der Waals surface area contributed by atoms with Crippen molar-refractivity contribution in [3.63, 3.8) is 0 Å². The van der Waals surface area contributed by atoms with E-state index in [1.165, 1.54) is 7.11 Å². The number of nitrogens with zero attached hydrogens (tertiary/aromatic N) is 1. The zero-order valence-electron chi connectivity index (χ0n) is 13.7. The number of carbonyl (C=O) groups is 1. The van der Waals surface area contributed by atoms with Crippen LogP contribution in [0, 0.1) is 0 Å². The highest BCUT2D eigenvalue weighted by atomic mass is 35.5. The van der Waals surface area contributed by atoms with E-state index in [2.05, 4.69) is 10.5 Å². The van der Waals surface area contributed by atoms with Crippen LogP contribution in [-0.2, 0) is 9.53 Å². The molecule has 1 unspecified atom stereocenters. The van der Waals surface area contributed by atoms with Gasteiger partial charge in [0.05, 0.1) is 24.3 Å². The monoisotopic (exact) mass is 374 g/mol. The molecule has 3 rings (SSSR count). The van der Waals surface area contributed by atoms with E-state index in [0.29, 0.717) is 27.0 Å². The summed E-state index contributed by atoms with van der Waals surface area (Å²) < 4.78 is 5.00. The first-order valence-electron chi connectivity index (χ1n) is 7.65. The Labute approximate surface area is 156 Å². The standard InChI is InChI=1S/C19H16Cl2N2O2/c1-11-16(19(24)25-2)17(12-5-3-7-14(20)9-12)18(23-22-11)13-6-4-8-15(21)10-13/h3-10,17,22H,1-2H3. The first-order valence-corrected chi connectivity index (χ1v) is 8.41. The molecule has 1 atom stereocenters. The van der Waals surface area contributed by atoms with Gasteiger partial charge in [-0.1, -0.05) is 47.5 Å². The number of carbonyl (C=O) groups excluding carboxylic acids is 1. The summed E-state index contributed by atoms with van der Waals surface area (Å²) in [5, 5.41) is 5.66. The van der Waals surface area contributed by atoms with Crippen LogP contribution in [0.25, 0.3) is 0 Å². The van der Waals surface area contributed by atoms with E-state index in [9.17, 15) is 4.79 Å². The lowest BCUT2D eigenvalue weighted by Gasteiger charge is -2.27. The van der Waals surface area contributed by atoms with Crippen molar-refractivity contribution in [1.29, 1.82) is 0 Å². The van der Waals surface area contributed by atoms with Gasteiger partial charge in [0.25, 0.3) is 0 Å². The van der Waals surface area contributed by atoms with Gasteiger partial charge >= 0.3 is 5.97 Å². The Morgan fingerprint density at radius 3 is 2.44 bits per heavy atom. The average Bonchev–Trinajstić information content (AvgIpc) is 2.60. The van der Waals surface area contributed by atoms with Gasteiger partial charge in [0.1, 0.15) is 0 Å². The van der Waals surface area contributed by atoms with Crippen molar-refractivity contribution < 1.29 is 9.53 Å². The van der Waals surface area contributed by atoms with Crippen molar-refractivity contribution in [2.24, 2.45) is 5.10 Å². The Morgan fingerprint density at radius 2 is 1.80 bits per heavy atom. The molecular weight excluding hydrogens is 359 g/mol. The summed E-state index contributed by atoms with van der Waals surface area (Å²) in [6, 6.07) is 14.7. The number of nitrogens with one attached hydrogen (secondary N) is 1. The van der Waals surface area contributed by atoms with Gasteiger partial charge < -0.3 is 4.74 Å². The molecule has 2 aromatic rings. The number of allylic oxidation sites excluding steroid dienone is 1. The highest BCUT2D eigenvalue weighted by Crippen LogP contribution is 2.35. The van der Waals surface area contributed by atoms with Crippen LogP contribution in [0.1, 0.15) is 24.0 Å². The third-order valence-corrected chi connectivity index (χ3v) is 4.49. The van der Waals surface area contributed by atoms with Crippen LogP contribution in [0.2, 0.25) is 10.0 Å². The summed E-state index contributed by atoms with van der Waals surface area (Å²) in [5.41, 5.74) is 6.41. The van der Waals surface area contributed by atoms with E-state index in [1.807, 2.05) is 36.4 Å². The van der Waals surface area contributed by atoms with E-state index in [1.54, 1.807) is 19.1 Å². The number of hydrogen-bond donors (Lipinski definition) is 1. The molecule has 128 valence electrons. The van der Waals surface area contributed by atoms with Crippen molar-refractivity contribution in [3.05, 3.63) is 81.0 Å². The summed E-state index contributed by atoms with van der Waals surface area (Å²) in [6.07, 6.45) is 0. The Morgan fingerprint density at radius 1 is 1.12 bits per heavy atom. The lowest BCUT2D eigenvalue weighted by Crippen LogP contribution is -2.31. The maximum absolute atomic E-state index is 12.5. The number of rotatable bonds is 3. The lowest BCUT2D eigenvalue weighted by atomic mass is 9.82. The van der Waals surface area contributed by atoms with Crippen LogP contribution in [0.3, 0.4) is 0 Å². The highest BCUT2D eigenvalue weighted by Gasteiger charge is 2.34. The number of halogens is 2. The molecule has 0 bridgehead atoms. The van der Waals surface area contributed by atoms with Gasteiger partial charge in [-0.15, -0.1) is 0 Å². The number of hydrogen-bond acceptors (Lipinski definition) is 4. The molecule has 0 aromatic heterocycles. The quantitative estimate of drug-likeness (QED) is 0.802. The summed E-state index contributed by atoms with van der Waals surface area (Å²) in [5.74, 6) is -0.824. The Kier molecular flexibility index (Phi) is 5.11. The topological polar surface area (TPSA) is 50.7 Å². The molecule has 4 nitrogen and oxygen atoms in total. The molecule has 0 saturated heterocycles. The summed E-state index contributed by atoms with van der Waals surface area (Å²) >= 11 is 12.3. The largest absolute Gasteiger partial charge is 0.466 e. The van der Waals surface area contributed by atoms with Gasteiger partial charge in [-0.2, -0.15) is 5.10 Å². The molecule has 0 spiro atoms. The van der Waals surface area contributed by atoms with Crippen LogP contribution in [-0.4, -0.2) is 18.8 Å². The second kappa shape index (κ2) is 7.30. The molecule has 1 N–H and O–H groups in total. The summed E-state index contributed by atoms with van der Waals surface area (Å²) in [6.45, 7) is 1.79. The molecule has 1 heterocycles. The fraction of sp³-hybridized carbons (Fsp3) is 0.158. The van der Waals surface area contributed by atoms with E-state index in [0.717, 1.165) is 11.1 Å². The fourth-order valence-corrected chi connectivity index (χ4v) is 3.28. The first-order chi connectivity index (χ1) is 12.0. The molecule has 0 fully saturated rings. The maximum atomic E-state index is 12.5. The number of hydrazone groups is 1. The molecule has 0 radical (unpaired) electrons. The predicted molar refractivity (Wildman–Crippen MR) is 100 cm³/mol. The Bertz CT molecular complexity index is 890. The molecule has 2 aromatic carbocycles. The predicted octanol–water partition coefficient (Wildman–Crippen LogP) is 4.53. The lowest BCUT2D eigenvalue weighted by molar-refractivity contribution is -0.136. The maximum Gasteiger partial charge on any atom is 0.336 e. The number of benzene rings is 2. The van der Waals surface area contributed by atoms with Crippen molar-refractivity contribution in [2.45, 2.75) is 12.8 Å². The minimum atomic E-state index is -0.413. The van der Waals surface area contributed by atoms with Crippen LogP contribution >= 0.6 is 23.2 Å². The van der Waals surface area contributed by atoms with Crippen molar-refractivity contribution >= 4 is 34.9 Å². The zero-order chi connectivity index (χ0) is 18.0. The van der Waals surface area contributed by atoms with Crippen molar-refractivity contribution in [1.82, 2.24) is 5.43 Å². The smallest absolute Gasteiger partial charge is 0.336 e. The zero-order valence-corrected chi connectivity index (χ0v) is 15.2. The van der Waals surface area contributed by atoms with E-state index in [4.69, 9.17) is 27.9 Å². The van der Waals surface area contributed by atoms with E-state index >= 15 is 0 Å².